The third kappa shape index (κ3) is 3.42. The lowest BCUT2D eigenvalue weighted by molar-refractivity contribution is -0.0498. The predicted octanol–water partition coefficient (Wildman–Crippen LogP) is 3.70. The Morgan fingerprint density at radius 2 is 1.86 bits per heavy atom. The van der Waals surface area contributed by atoms with Crippen molar-refractivity contribution in [2.24, 2.45) is 0 Å². The van der Waals surface area contributed by atoms with Crippen LogP contribution in [0.4, 0.5) is 26.0 Å². The first kappa shape index (κ1) is 15.1. The number of nitrogens with two attached hydrogens (primary N) is 1. The number of ether oxygens (including phenoxy) is 1. The van der Waals surface area contributed by atoms with Crippen molar-refractivity contribution >= 4 is 17.2 Å². The van der Waals surface area contributed by atoms with E-state index in [1.54, 1.807) is 16.8 Å². The molecule has 0 fully saturated rings. The van der Waals surface area contributed by atoms with Crippen molar-refractivity contribution < 1.29 is 13.5 Å². The molecule has 0 unspecified atom stereocenters. The second kappa shape index (κ2) is 5.99. The number of halogens is 2. The van der Waals surface area contributed by atoms with Crippen LogP contribution in [-0.2, 0) is 0 Å². The fourth-order valence-electron chi connectivity index (χ4n) is 1.91. The summed E-state index contributed by atoms with van der Waals surface area (Å²) < 4.78 is 30.3. The van der Waals surface area contributed by atoms with E-state index in [-0.39, 0.29) is 11.8 Å². The summed E-state index contributed by atoms with van der Waals surface area (Å²) in [7, 11) is 0. The minimum Gasteiger partial charge on any atom is -0.435 e. The lowest BCUT2D eigenvalue weighted by atomic mass is 10.3. The number of nitrogen functional groups attached to an aromatic ring is 1. The Hall–Kier alpha value is -2.31. The number of hydrogen-bond acceptors (Lipinski definition) is 4. The van der Waals surface area contributed by atoms with E-state index >= 15 is 0 Å². The Balaban J connectivity index is 2.22. The highest BCUT2D eigenvalue weighted by molar-refractivity contribution is 5.71. The molecule has 0 radical (unpaired) electrons. The quantitative estimate of drug-likeness (QED) is 0.883. The molecule has 5 nitrogen and oxygen atoms in total. The van der Waals surface area contributed by atoms with E-state index in [2.05, 4.69) is 15.2 Å². The number of rotatable bonds is 5. The Bertz CT molecular complexity index is 608. The number of benzene rings is 1. The van der Waals surface area contributed by atoms with Gasteiger partial charge in [-0.15, -0.1) is 0 Å². The fourth-order valence-corrected chi connectivity index (χ4v) is 1.91. The summed E-state index contributed by atoms with van der Waals surface area (Å²) in [6, 6.07) is 6.36. The van der Waals surface area contributed by atoms with Gasteiger partial charge in [-0.2, -0.15) is 13.9 Å². The van der Waals surface area contributed by atoms with Gasteiger partial charge < -0.3 is 15.8 Å². The van der Waals surface area contributed by atoms with Crippen LogP contribution in [0.1, 0.15) is 25.6 Å². The monoisotopic (exact) mass is 296 g/mol. The summed E-state index contributed by atoms with van der Waals surface area (Å²) in [4.78, 5) is 0. The van der Waals surface area contributed by atoms with E-state index in [0.29, 0.717) is 17.2 Å². The van der Waals surface area contributed by atoms with Crippen LogP contribution in [-0.4, -0.2) is 16.4 Å². The molecular weight excluding hydrogens is 278 g/mol. The molecular formula is C14H18F2N4O. The lowest BCUT2D eigenvalue weighted by Crippen LogP contribution is -2.08. The molecule has 7 heteroatoms. The smallest absolute Gasteiger partial charge is 0.387 e. The second-order valence-electron chi connectivity index (χ2n) is 4.91. The number of aromatic nitrogens is 2. The van der Waals surface area contributed by atoms with Gasteiger partial charge in [0.05, 0.1) is 11.4 Å². The van der Waals surface area contributed by atoms with Crippen LogP contribution in [0.2, 0.25) is 0 Å². The molecule has 2 aromatic rings. The molecule has 1 heterocycles. The maximum atomic E-state index is 12.1. The molecule has 0 saturated carbocycles. The zero-order chi connectivity index (χ0) is 15.6. The van der Waals surface area contributed by atoms with Gasteiger partial charge in [-0.1, -0.05) is 0 Å². The third-order valence-electron chi connectivity index (χ3n) is 2.96. The minimum atomic E-state index is -2.83. The molecule has 0 spiro atoms. The summed E-state index contributed by atoms with van der Waals surface area (Å²) in [6.45, 7) is 3.00. The standard InChI is InChI=1S/C14H18F2N4O/c1-8(2)20-13(12(17)9(3)19-20)18-10-4-6-11(7-5-10)21-14(15)16/h4-8,14,18H,17H2,1-3H3. The molecule has 1 aromatic heterocycles. The van der Waals surface area contributed by atoms with E-state index in [1.807, 2.05) is 20.8 Å². The summed E-state index contributed by atoms with van der Waals surface area (Å²) >= 11 is 0. The number of nitrogens with one attached hydrogen (secondary N) is 1. The maximum absolute atomic E-state index is 12.1. The zero-order valence-electron chi connectivity index (χ0n) is 12.1. The molecule has 0 bridgehead atoms. The second-order valence-corrected chi connectivity index (χ2v) is 4.91. The Morgan fingerprint density at radius 3 is 2.38 bits per heavy atom. The SMILES string of the molecule is Cc1nn(C(C)C)c(Nc2ccc(OC(F)F)cc2)c1N. The van der Waals surface area contributed by atoms with Crippen LogP contribution in [0.15, 0.2) is 24.3 Å². The first-order valence-electron chi connectivity index (χ1n) is 6.55. The lowest BCUT2D eigenvalue weighted by Gasteiger charge is -2.13. The molecule has 21 heavy (non-hydrogen) atoms. The average molecular weight is 296 g/mol. The van der Waals surface area contributed by atoms with Crippen LogP contribution in [0.5, 0.6) is 5.75 Å². The van der Waals surface area contributed by atoms with Gasteiger partial charge in [-0.05, 0) is 45.0 Å². The van der Waals surface area contributed by atoms with Crippen molar-refractivity contribution in [3.63, 3.8) is 0 Å². The Labute approximate surface area is 121 Å². The first-order chi connectivity index (χ1) is 9.88. The third-order valence-corrected chi connectivity index (χ3v) is 2.96. The van der Waals surface area contributed by atoms with E-state index < -0.39 is 6.61 Å². The molecule has 0 aliphatic heterocycles. The predicted molar refractivity (Wildman–Crippen MR) is 78.1 cm³/mol. The molecule has 3 N–H and O–H groups in total. The highest BCUT2D eigenvalue weighted by Crippen LogP contribution is 2.29. The van der Waals surface area contributed by atoms with Crippen LogP contribution >= 0.6 is 0 Å². The normalized spacial score (nSPS) is 11.2. The molecule has 0 aliphatic rings. The van der Waals surface area contributed by atoms with Gasteiger partial charge in [0.25, 0.3) is 0 Å². The van der Waals surface area contributed by atoms with Gasteiger partial charge in [0.2, 0.25) is 0 Å². The highest BCUT2D eigenvalue weighted by Gasteiger charge is 2.15. The molecule has 2 rings (SSSR count). The molecule has 1 aromatic carbocycles. The van der Waals surface area contributed by atoms with Crippen molar-refractivity contribution in [1.29, 1.82) is 0 Å². The van der Waals surface area contributed by atoms with Gasteiger partial charge in [0, 0.05) is 11.7 Å². The average Bonchev–Trinajstić information content (AvgIpc) is 2.69. The van der Waals surface area contributed by atoms with Crippen molar-refractivity contribution in [2.45, 2.75) is 33.4 Å². The molecule has 0 aliphatic carbocycles. The number of aryl methyl sites for hydroxylation is 1. The molecule has 114 valence electrons. The van der Waals surface area contributed by atoms with Crippen molar-refractivity contribution in [2.75, 3.05) is 11.1 Å². The summed E-state index contributed by atoms with van der Waals surface area (Å²) in [5, 5.41) is 7.52. The largest absolute Gasteiger partial charge is 0.435 e. The summed E-state index contributed by atoms with van der Waals surface area (Å²) in [5.74, 6) is 0.794. The van der Waals surface area contributed by atoms with Crippen LogP contribution in [0.25, 0.3) is 0 Å². The summed E-state index contributed by atoms with van der Waals surface area (Å²) in [5.41, 5.74) is 8.03. The minimum absolute atomic E-state index is 0.108. The van der Waals surface area contributed by atoms with Crippen LogP contribution in [0, 0.1) is 6.92 Å². The number of hydrogen-bond donors (Lipinski definition) is 2. The van der Waals surface area contributed by atoms with Gasteiger partial charge in [-0.25, -0.2) is 4.68 Å². The van der Waals surface area contributed by atoms with E-state index in [4.69, 9.17) is 5.73 Å². The molecule has 0 atom stereocenters. The van der Waals surface area contributed by atoms with E-state index in [9.17, 15) is 8.78 Å². The molecule has 0 saturated heterocycles. The van der Waals surface area contributed by atoms with Crippen molar-refractivity contribution in [3.05, 3.63) is 30.0 Å². The zero-order valence-corrected chi connectivity index (χ0v) is 12.1. The maximum Gasteiger partial charge on any atom is 0.387 e. The number of anilines is 3. The fraction of sp³-hybridized carbons (Fsp3) is 0.357. The number of nitrogens with zero attached hydrogens (tertiary/aromatic N) is 2. The molecule has 0 amide bonds. The van der Waals surface area contributed by atoms with Gasteiger partial charge in [0.1, 0.15) is 5.75 Å². The topological polar surface area (TPSA) is 65.1 Å². The highest BCUT2D eigenvalue weighted by atomic mass is 19.3. The van der Waals surface area contributed by atoms with E-state index in [0.717, 1.165) is 5.69 Å². The van der Waals surface area contributed by atoms with E-state index in [1.165, 1.54) is 12.1 Å². The van der Waals surface area contributed by atoms with Crippen molar-refractivity contribution in [3.8, 4) is 5.75 Å². The summed E-state index contributed by atoms with van der Waals surface area (Å²) in [6.07, 6.45) is 0. The van der Waals surface area contributed by atoms with Crippen LogP contribution < -0.4 is 15.8 Å². The first-order valence-corrected chi connectivity index (χ1v) is 6.55. The van der Waals surface area contributed by atoms with Gasteiger partial charge >= 0.3 is 6.61 Å². The van der Waals surface area contributed by atoms with Crippen LogP contribution in [0.3, 0.4) is 0 Å². The van der Waals surface area contributed by atoms with Crippen molar-refractivity contribution in [1.82, 2.24) is 9.78 Å². The Morgan fingerprint density at radius 1 is 1.24 bits per heavy atom. The van der Waals surface area contributed by atoms with Gasteiger partial charge in [0.15, 0.2) is 5.82 Å². The van der Waals surface area contributed by atoms with Gasteiger partial charge in [-0.3, -0.25) is 0 Å². The Kier molecular flexibility index (Phi) is 4.30. The number of alkyl halides is 2.